The molecule has 1 fully saturated rings. The molecule has 1 aliphatic carbocycles. The molecular weight excluding hydrogens is 616 g/mol. The van der Waals surface area contributed by atoms with Crippen LogP contribution in [0.4, 0.5) is 23.0 Å². The van der Waals surface area contributed by atoms with E-state index >= 15 is 0 Å². The van der Waals surface area contributed by atoms with Crippen LogP contribution in [-0.4, -0.2) is 82.6 Å². The number of halogens is 1. The second-order valence-electron chi connectivity index (χ2n) is 12.0. The Bertz CT molecular complexity index is 1700. The van der Waals surface area contributed by atoms with Gasteiger partial charge in [-0.1, -0.05) is 32.0 Å². The number of aromatic nitrogens is 4. The molecule has 2 aromatic heterocycles. The zero-order valence-electron chi connectivity index (χ0n) is 27.7. The van der Waals surface area contributed by atoms with Crippen LogP contribution in [0.15, 0.2) is 42.6 Å². The zero-order chi connectivity index (χ0) is 32.2. The molecule has 0 saturated carbocycles. The summed E-state index contributed by atoms with van der Waals surface area (Å²) in [6, 6.07) is 12.3. The van der Waals surface area contributed by atoms with E-state index in [9.17, 15) is 9.90 Å². The van der Waals surface area contributed by atoms with Crippen LogP contribution in [0.2, 0.25) is 0 Å². The van der Waals surface area contributed by atoms with Crippen LogP contribution in [0, 0.1) is 0 Å². The Labute approximate surface area is 282 Å². The van der Waals surface area contributed by atoms with Gasteiger partial charge < -0.3 is 30.3 Å². The van der Waals surface area contributed by atoms with Crippen molar-refractivity contribution in [3.63, 3.8) is 0 Å². The van der Waals surface area contributed by atoms with E-state index in [-0.39, 0.29) is 31.5 Å². The van der Waals surface area contributed by atoms with Gasteiger partial charge in [0.05, 0.1) is 37.3 Å². The highest BCUT2D eigenvalue weighted by atomic mass is 35.5. The Hall–Kier alpha value is -4.19. The highest BCUT2D eigenvalue weighted by Crippen LogP contribution is 2.36. The Morgan fingerprint density at radius 2 is 1.79 bits per heavy atom. The molecule has 2 aliphatic rings. The molecule has 0 unspecified atom stereocenters. The van der Waals surface area contributed by atoms with Gasteiger partial charge in [-0.05, 0) is 68.0 Å². The molecule has 12 heteroatoms. The van der Waals surface area contributed by atoms with Gasteiger partial charge in [-0.25, -0.2) is 9.97 Å². The first-order chi connectivity index (χ1) is 22.4. The number of aryl methyl sites for hydroxylation is 3. The number of carbonyl (C=O) groups is 1. The van der Waals surface area contributed by atoms with Crippen molar-refractivity contribution < 1.29 is 14.6 Å². The molecule has 1 aliphatic heterocycles. The predicted octanol–water partition coefficient (Wildman–Crippen LogP) is 5.12. The summed E-state index contributed by atoms with van der Waals surface area (Å²) < 4.78 is 7.51. The van der Waals surface area contributed by atoms with E-state index in [4.69, 9.17) is 14.8 Å². The van der Waals surface area contributed by atoms with Crippen molar-refractivity contribution >= 4 is 41.3 Å². The summed E-state index contributed by atoms with van der Waals surface area (Å²) in [7, 11) is 3.82. The highest BCUT2D eigenvalue weighted by Gasteiger charge is 2.29. The van der Waals surface area contributed by atoms with Gasteiger partial charge in [0.15, 0.2) is 5.69 Å². The Balaban J connectivity index is 0.00000433. The maximum absolute atomic E-state index is 13.9. The summed E-state index contributed by atoms with van der Waals surface area (Å²) in [5.41, 5.74) is 8.61. The number of rotatable bonds is 10. The number of hydrogen-bond donors (Lipinski definition) is 3. The fourth-order valence-electron chi connectivity index (χ4n) is 6.49. The van der Waals surface area contributed by atoms with Crippen LogP contribution in [0.1, 0.15) is 53.0 Å². The van der Waals surface area contributed by atoms with Gasteiger partial charge in [0.25, 0.3) is 5.91 Å². The third-order valence-electron chi connectivity index (χ3n) is 9.08. The lowest BCUT2D eigenvalue weighted by atomic mass is 10.0. The molecule has 3 N–H and O–H groups in total. The van der Waals surface area contributed by atoms with E-state index in [1.807, 2.05) is 18.3 Å². The smallest absolute Gasteiger partial charge is 0.276 e. The Kier molecular flexibility index (Phi) is 11.0. The molecule has 1 amide bonds. The van der Waals surface area contributed by atoms with Crippen molar-refractivity contribution in [2.45, 2.75) is 52.5 Å². The third kappa shape index (κ3) is 7.07. The van der Waals surface area contributed by atoms with Crippen molar-refractivity contribution in [2.24, 2.45) is 0 Å². The van der Waals surface area contributed by atoms with Gasteiger partial charge in [0.1, 0.15) is 5.75 Å². The lowest BCUT2D eigenvalue weighted by molar-refractivity contribution is 0.102. The molecule has 0 atom stereocenters. The number of fused-ring (bicyclic) bond motifs is 3. The van der Waals surface area contributed by atoms with Gasteiger partial charge in [-0.2, -0.15) is 5.10 Å². The topological polar surface area (TPSA) is 121 Å². The molecular formula is C35H45ClN8O3. The number of benzene rings is 2. The summed E-state index contributed by atoms with van der Waals surface area (Å²) in [6.07, 6.45) is 5.74. The summed E-state index contributed by atoms with van der Waals surface area (Å²) >= 11 is 0. The van der Waals surface area contributed by atoms with Gasteiger partial charge in [0.2, 0.25) is 5.95 Å². The van der Waals surface area contributed by atoms with Crippen LogP contribution in [0.3, 0.4) is 0 Å². The molecule has 0 spiro atoms. The van der Waals surface area contributed by atoms with Gasteiger partial charge in [-0.3, -0.25) is 9.48 Å². The highest BCUT2D eigenvalue weighted by molar-refractivity contribution is 6.05. The summed E-state index contributed by atoms with van der Waals surface area (Å²) in [4.78, 5) is 28.2. The second kappa shape index (κ2) is 15.1. The van der Waals surface area contributed by atoms with Crippen LogP contribution >= 0.6 is 12.4 Å². The Morgan fingerprint density at radius 1 is 1.04 bits per heavy atom. The molecule has 3 heterocycles. The first-order valence-corrected chi connectivity index (χ1v) is 16.3. The predicted molar refractivity (Wildman–Crippen MR) is 189 cm³/mol. The summed E-state index contributed by atoms with van der Waals surface area (Å²) in [6.45, 7) is 8.29. The lowest BCUT2D eigenvalue weighted by Crippen LogP contribution is -2.44. The number of aliphatic hydroxyl groups excluding tert-OH is 1. The Morgan fingerprint density at radius 3 is 2.47 bits per heavy atom. The van der Waals surface area contributed by atoms with Gasteiger partial charge in [-0.15, -0.1) is 12.4 Å². The normalized spacial score (nSPS) is 14.4. The number of nitrogens with one attached hydrogen (secondary N) is 2. The SMILES string of the molecule is CCc1cccc(CC)c1NC(=O)c1nn(CCO)c2c1CCCc1cnc(Nc3ccc(N4CCN(C)CC4)cc3OC)nc1-2.Cl. The lowest BCUT2D eigenvalue weighted by Gasteiger charge is -2.34. The molecule has 2 aromatic carbocycles. The fraction of sp³-hybridized carbons (Fsp3) is 0.429. The van der Waals surface area contributed by atoms with E-state index in [1.54, 1.807) is 11.8 Å². The summed E-state index contributed by atoms with van der Waals surface area (Å²) in [5, 5.41) is 21.3. The molecule has 0 bridgehead atoms. The molecule has 47 heavy (non-hydrogen) atoms. The molecule has 11 nitrogen and oxygen atoms in total. The molecule has 4 aromatic rings. The maximum Gasteiger partial charge on any atom is 0.276 e. The molecule has 250 valence electrons. The van der Waals surface area contributed by atoms with Gasteiger partial charge in [0, 0.05) is 55.4 Å². The van der Waals surface area contributed by atoms with Crippen LogP contribution in [-0.2, 0) is 32.2 Å². The van der Waals surface area contributed by atoms with Crippen LogP contribution in [0.25, 0.3) is 11.4 Å². The van der Waals surface area contributed by atoms with Crippen molar-refractivity contribution in [1.82, 2.24) is 24.6 Å². The number of carbonyl (C=O) groups excluding carboxylic acids is 1. The number of nitrogens with zero attached hydrogens (tertiary/aromatic N) is 6. The minimum Gasteiger partial charge on any atom is -0.494 e. The standard InChI is InChI=1S/C35H44N8O3.ClH/c1-5-23-9-7-10-24(6-2)30(23)38-34(45)32-27-12-8-11-25-22-36-35(39-31(25)33(27)43(40-32)19-20-44)37-28-14-13-26(21-29(28)46-4)42-17-15-41(3)16-18-42;/h7,9-10,13-14,21-22,44H,5-6,8,11-12,15-20H2,1-4H3,(H,38,45)(H,36,37,39);1H. The number of anilines is 4. The van der Waals surface area contributed by atoms with E-state index in [2.05, 4.69) is 70.6 Å². The van der Waals surface area contributed by atoms with Crippen molar-refractivity contribution in [3.8, 4) is 17.1 Å². The first-order valence-electron chi connectivity index (χ1n) is 16.3. The monoisotopic (exact) mass is 660 g/mol. The minimum absolute atomic E-state index is 0. The maximum atomic E-state index is 13.9. The fourth-order valence-corrected chi connectivity index (χ4v) is 6.49. The number of piperazine rings is 1. The number of methoxy groups -OCH3 is 1. The van der Waals surface area contributed by atoms with Crippen LogP contribution < -0.4 is 20.3 Å². The molecule has 0 radical (unpaired) electrons. The molecule has 6 rings (SSSR count). The van der Waals surface area contributed by atoms with E-state index in [0.29, 0.717) is 23.8 Å². The largest absolute Gasteiger partial charge is 0.494 e. The van der Waals surface area contributed by atoms with Gasteiger partial charge >= 0.3 is 0 Å². The first kappa shape index (κ1) is 34.2. The van der Waals surface area contributed by atoms with Crippen molar-refractivity contribution in [3.05, 3.63) is 70.5 Å². The number of likely N-dealkylation sites (N-methyl/N-ethyl adjacent to an activating group) is 1. The van der Waals surface area contributed by atoms with E-state index in [0.717, 1.165) is 103 Å². The number of para-hydroxylation sites is 1. The van der Waals surface area contributed by atoms with E-state index < -0.39 is 0 Å². The van der Waals surface area contributed by atoms with Crippen molar-refractivity contribution in [1.29, 1.82) is 0 Å². The third-order valence-corrected chi connectivity index (χ3v) is 9.08. The molecule has 1 saturated heterocycles. The number of hydrogen-bond acceptors (Lipinski definition) is 9. The number of amides is 1. The minimum atomic E-state index is -0.246. The number of ether oxygens (including phenoxy) is 1. The second-order valence-corrected chi connectivity index (χ2v) is 12.0. The summed E-state index contributed by atoms with van der Waals surface area (Å²) in [5.74, 6) is 0.882. The van der Waals surface area contributed by atoms with Crippen LogP contribution in [0.5, 0.6) is 5.75 Å². The average molecular weight is 661 g/mol. The van der Waals surface area contributed by atoms with Crippen molar-refractivity contribution in [2.75, 3.05) is 62.5 Å². The number of aliphatic hydroxyl groups is 1. The quantitative estimate of drug-likeness (QED) is 0.213. The van der Waals surface area contributed by atoms with E-state index in [1.165, 1.54) is 0 Å². The average Bonchev–Trinajstić information content (AvgIpc) is 3.32. The zero-order valence-corrected chi connectivity index (χ0v) is 28.5.